The predicted molar refractivity (Wildman–Crippen MR) is 129 cm³/mol. The molecule has 1 aliphatic carbocycles. The van der Waals surface area contributed by atoms with Crippen molar-refractivity contribution in [2.24, 2.45) is 5.92 Å². The summed E-state index contributed by atoms with van der Waals surface area (Å²) in [6.07, 6.45) is 5.27. The number of sulfonamides is 1. The molecule has 182 valence electrons. The summed E-state index contributed by atoms with van der Waals surface area (Å²) in [4.78, 5) is 35.9. The second-order valence-electron chi connectivity index (χ2n) is 8.48. The van der Waals surface area contributed by atoms with Gasteiger partial charge in [-0.15, -0.1) is 0 Å². The molecule has 3 N–H and O–H groups in total. The summed E-state index contributed by atoms with van der Waals surface area (Å²) in [7, 11) is -3.73. The molecule has 8 nitrogen and oxygen atoms in total. The van der Waals surface area contributed by atoms with Crippen molar-refractivity contribution < 1.29 is 22.8 Å². The van der Waals surface area contributed by atoms with Crippen LogP contribution in [0.1, 0.15) is 65.3 Å². The summed E-state index contributed by atoms with van der Waals surface area (Å²) in [6.45, 7) is 2.20. The summed E-state index contributed by atoms with van der Waals surface area (Å²) in [5.74, 6) is -0.236. The zero-order valence-corrected chi connectivity index (χ0v) is 20.1. The first-order valence-corrected chi connectivity index (χ1v) is 13.0. The Balaban J connectivity index is 1.43. The average molecular weight is 486 g/mol. The first-order valence-electron chi connectivity index (χ1n) is 11.5. The maximum atomic E-state index is 12.5. The van der Waals surface area contributed by atoms with Gasteiger partial charge in [0.1, 0.15) is 0 Å². The molecule has 0 aromatic heterocycles. The predicted octanol–water partition coefficient (Wildman–Crippen LogP) is 2.79. The quantitative estimate of drug-likeness (QED) is 0.353. The van der Waals surface area contributed by atoms with Gasteiger partial charge in [-0.2, -0.15) is 0 Å². The van der Waals surface area contributed by atoms with Gasteiger partial charge in [-0.1, -0.05) is 43.5 Å². The van der Waals surface area contributed by atoms with Gasteiger partial charge in [-0.3, -0.25) is 14.4 Å². The molecule has 0 unspecified atom stereocenters. The van der Waals surface area contributed by atoms with Crippen LogP contribution in [-0.2, 0) is 21.4 Å². The van der Waals surface area contributed by atoms with Crippen LogP contribution in [0, 0.1) is 5.92 Å². The van der Waals surface area contributed by atoms with E-state index < -0.39 is 10.0 Å². The van der Waals surface area contributed by atoms with Crippen molar-refractivity contribution in [2.75, 3.05) is 13.1 Å². The Morgan fingerprint density at radius 2 is 1.41 bits per heavy atom. The standard InChI is InChI=1S/C25H31N3O5S/c1-18(29)20-11-13-23(14-12-20)34(32,33)28-17-19-7-9-22(10-8-19)25(31)27-16-15-26-24(30)21-5-3-2-4-6-21/h7-14,21,28H,2-6,15-17H2,1H3,(H,26,30)(H,27,31). The van der Waals surface area contributed by atoms with Gasteiger partial charge in [0, 0.05) is 36.7 Å². The Morgan fingerprint density at radius 1 is 0.824 bits per heavy atom. The van der Waals surface area contributed by atoms with Crippen LogP contribution in [0.15, 0.2) is 53.4 Å². The summed E-state index contributed by atoms with van der Waals surface area (Å²) in [6, 6.07) is 12.4. The number of carbonyl (C=O) groups is 3. The molecule has 3 rings (SSSR count). The van der Waals surface area contributed by atoms with Gasteiger partial charge >= 0.3 is 0 Å². The van der Waals surface area contributed by atoms with E-state index in [1.54, 1.807) is 24.3 Å². The number of amides is 2. The summed E-state index contributed by atoms with van der Waals surface area (Å²) < 4.78 is 27.4. The monoisotopic (exact) mass is 485 g/mol. The molecule has 9 heteroatoms. The smallest absolute Gasteiger partial charge is 0.251 e. The SMILES string of the molecule is CC(=O)c1ccc(S(=O)(=O)NCc2ccc(C(=O)NCCNC(=O)C3CCCCC3)cc2)cc1. The lowest BCUT2D eigenvalue weighted by Crippen LogP contribution is -2.38. The van der Waals surface area contributed by atoms with Gasteiger partial charge in [0.05, 0.1) is 4.90 Å². The fourth-order valence-corrected chi connectivity index (χ4v) is 4.90. The molecule has 0 saturated heterocycles. The number of hydrogen-bond donors (Lipinski definition) is 3. The van der Waals surface area contributed by atoms with E-state index in [2.05, 4.69) is 15.4 Å². The molecule has 2 amide bonds. The topological polar surface area (TPSA) is 121 Å². The van der Waals surface area contributed by atoms with Crippen molar-refractivity contribution in [3.8, 4) is 0 Å². The van der Waals surface area contributed by atoms with Gasteiger partial charge in [-0.25, -0.2) is 13.1 Å². The normalized spacial score (nSPS) is 14.4. The van der Waals surface area contributed by atoms with Crippen LogP contribution in [0.5, 0.6) is 0 Å². The number of nitrogens with one attached hydrogen (secondary N) is 3. The Morgan fingerprint density at radius 3 is 2.03 bits per heavy atom. The number of ketones is 1. The van der Waals surface area contributed by atoms with E-state index in [-0.39, 0.29) is 35.0 Å². The minimum Gasteiger partial charge on any atom is -0.354 e. The van der Waals surface area contributed by atoms with E-state index in [4.69, 9.17) is 0 Å². The third-order valence-electron chi connectivity index (χ3n) is 5.94. The summed E-state index contributed by atoms with van der Waals surface area (Å²) in [5, 5.41) is 5.66. The van der Waals surface area contributed by atoms with Gasteiger partial charge in [-0.05, 0) is 49.6 Å². The molecule has 2 aromatic carbocycles. The lowest BCUT2D eigenvalue weighted by atomic mass is 9.89. The van der Waals surface area contributed by atoms with Crippen LogP contribution in [0.3, 0.4) is 0 Å². The second-order valence-corrected chi connectivity index (χ2v) is 10.3. The van der Waals surface area contributed by atoms with Crippen molar-refractivity contribution in [3.05, 3.63) is 65.2 Å². The highest BCUT2D eigenvalue weighted by atomic mass is 32.2. The lowest BCUT2D eigenvalue weighted by molar-refractivity contribution is -0.125. The van der Waals surface area contributed by atoms with E-state index in [0.717, 1.165) is 25.7 Å². The highest BCUT2D eigenvalue weighted by Gasteiger charge is 2.20. The van der Waals surface area contributed by atoms with Crippen molar-refractivity contribution in [1.29, 1.82) is 0 Å². The van der Waals surface area contributed by atoms with Crippen molar-refractivity contribution in [3.63, 3.8) is 0 Å². The van der Waals surface area contributed by atoms with Crippen LogP contribution in [0.4, 0.5) is 0 Å². The molecule has 0 radical (unpaired) electrons. The number of hydrogen-bond acceptors (Lipinski definition) is 5. The maximum absolute atomic E-state index is 12.5. The van der Waals surface area contributed by atoms with Crippen LogP contribution < -0.4 is 15.4 Å². The molecule has 0 heterocycles. The second kappa shape index (κ2) is 11.9. The molecule has 2 aromatic rings. The van der Waals surface area contributed by atoms with Crippen LogP contribution in [0.25, 0.3) is 0 Å². The fourth-order valence-electron chi connectivity index (χ4n) is 3.88. The molecule has 0 atom stereocenters. The Labute approximate surface area is 200 Å². The molecule has 34 heavy (non-hydrogen) atoms. The van der Waals surface area contributed by atoms with E-state index in [1.807, 2.05) is 0 Å². The number of carbonyl (C=O) groups excluding carboxylic acids is 3. The van der Waals surface area contributed by atoms with Crippen LogP contribution >= 0.6 is 0 Å². The Bertz CT molecular complexity index is 1110. The molecule has 0 bridgehead atoms. The zero-order chi connectivity index (χ0) is 24.6. The molecule has 1 fully saturated rings. The summed E-state index contributed by atoms with van der Waals surface area (Å²) in [5.41, 5.74) is 1.59. The molecule has 1 aliphatic rings. The summed E-state index contributed by atoms with van der Waals surface area (Å²) >= 11 is 0. The van der Waals surface area contributed by atoms with E-state index in [0.29, 0.717) is 29.8 Å². The van der Waals surface area contributed by atoms with Gasteiger partial charge in [0.25, 0.3) is 5.91 Å². The third-order valence-corrected chi connectivity index (χ3v) is 7.36. The molecule has 0 spiro atoms. The van der Waals surface area contributed by atoms with Crippen LogP contribution in [0.2, 0.25) is 0 Å². The Hall–Kier alpha value is -3.04. The number of Topliss-reactive ketones (excluding diaryl/α,β-unsaturated/α-hetero) is 1. The zero-order valence-electron chi connectivity index (χ0n) is 19.3. The van der Waals surface area contributed by atoms with E-state index >= 15 is 0 Å². The van der Waals surface area contributed by atoms with Crippen LogP contribution in [-0.4, -0.2) is 39.1 Å². The molecule has 1 saturated carbocycles. The largest absolute Gasteiger partial charge is 0.354 e. The number of benzene rings is 2. The minimum atomic E-state index is -3.73. The fraction of sp³-hybridized carbons (Fsp3) is 0.400. The third kappa shape index (κ3) is 7.23. The highest BCUT2D eigenvalue weighted by molar-refractivity contribution is 7.89. The Kier molecular flexibility index (Phi) is 8.95. The van der Waals surface area contributed by atoms with Gasteiger partial charge < -0.3 is 10.6 Å². The van der Waals surface area contributed by atoms with Crippen molar-refractivity contribution in [2.45, 2.75) is 50.5 Å². The minimum absolute atomic E-state index is 0.0614. The first-order chi connectivity index (χ1) is 16.3. The first kappa shape index (κ1) is 25.6. The van der Waals surface area contributed by atoms with E-state index in [9.17, 15) is 22.8 Å². The highest BCUT2D eigenvalue weighted by Crippen LogP contribution is 2.23. The molecule has 0 aliphatic heterocycles. The van der Waals surface area contributed by atoms with Gasteiger partial charge in [0.15, 0.2) is 5.78 Å². The van der Waals surface area contributed by atoms with Gasteiger partial charge in [0.2, 0.25) is 15.9 Å². The lowest BCUT2D eigenvalue weighted by Gasteiger charge is -2.20. The molecular formula is C25H31N3O5S. The van der Waals surface area contributed by atoms with Crippen molar-refractivity contribution in [1.82, 2.24) is 15.4 Å². The maximum Gasteiger partial charge on any atom is 0.251 e. The molecular weight excluding hydrogens is 454 g/mol. The average Bonchev–Trinajstić information content (AvgIpc) is 2.86. The number of rotatable bonds is 10. The van der Waals surface area contributed by atoms with Crippen molar-refractivity contribution >= 4 is 27.6 Å². The van der Waals surface area contributed by atoms with E-state index in [1.165, 1.54) is 37.6 Å².